The molecule has 1 atom stereocenters. The monoisotopic (exact) mass is 380 g/mol. The minimum atomic E-state index is -0.120. The first-order chi connectivity index (χ1) is 12.9. The Labute approximate surface area is 163 Å². The van der Waals surface area contributed by atoms with Gasteiger partial charge in [0.15, 0.2) is 5.78 Å². The van der Waals surface area contributed by atoms with Crippen LogP contribution in [0.2, 0.25) is 0 Å². The van der Waals surface area contributed by atoms with Gasteiger partial charge in [-0.05, 0) is 44.5 Å². The molecule has 0 aliphatic carbocycles. The van der Waals surface area contributed by atoms with Crippen LogP contribution < -0.4 is 0 Å². The van der Waals surface area contributed by atoms with E-state index in [1.165, 1.54) is 0 Å². The minimum Gasteiger partial charge on any atom is -0.337 e. The lowest BCUT2D eigenvalue weighted by atomic mass is 9.99. The van der Waals surface area contributed by atoms with E-state index < -0.39 is 0 Å². The van der Waals surface area contributed by atoms with Crippen molar-refractivity contribution >= 4 is 33.2 Å². The first-order valence-electron chi connectivity index (χ1n) is 9.08. The van der Waals surface area contributed by atoms with Gasteiger partial charge in [0.2, 0.25) is 5.91 Å². The minimum absolute atomic E-state index is 0.0191. The lowest BCUT2D eigenvalue weighted by Gasteiger charge is -2.23. The SMILES string of the molecule is Cc1ccc(C)c(C(=O)CCC(=O)N(C)[C@@H](C)c2nc3ccccc3s2)c1. The second-order valence-electron chi connectivity index (χ2n) is 6.94. The molecule has 2 aromatic carbocycles. The molecule has 0 spiro atoms. The second-order valence-corrected chi connectivity index (χ2v) is 8.00. The number of benzene rings is 2. The normalized spacial score (nSPS) is 12.1. The first kappa shape index (κ1) is 19.2. The number of nitrogens with zero attached hydrogens (tertiary/aromatic N) is 2. The van der Waals surface area contributed by atoms with Crippen molar-refractivity contribution in [1.82, 2.24) is 9.88 Å². The third kappa shape index (κ3) is 4.25. The molecule has 27 heavy (non-hydrogen) atoms. The van der Waals surface area contributed by atoms with Gasteiger partial charge in [-0.25, -0.2) is 4.98 Å². The molecule has 0 aliphatic heterocycles. The summed E-state index contributed by atoms with van der Waals surface area (Å²) in [5, 5.41) is 0.910. The van der Waals surface area contributed by atoms with Crippen LogP contribution in [-0.2, 0) is 4.79 Å². The van der Waals surface area contributed by atoms with Crippen molar-refractivity contribution in [3.63, 3.8) is 0 Å². The van der Waals surface area contributed by atoms with Gasteiger partial charge in [0, 0.05) is 25.5 Å². The van der Waals surface area contributed by atoms with Gasteiger partial charge in [-0.1, -0.05) is 29.8 Å². The van der Waals surface area contributed by atoms with Crippen molar-refractivity contribution in [1.29, 1.82) is 0 Å². The summed E-state index contributed by atoms with van der Waals surface area (Å²) in [6, 6.07) is 13.7. The van der Waals surface area contributed by atoms with Crippen molar-refractivity contribution in [3.05, 3.63) is 64.2 Å². The number of hydrogen-bond acceptors (Lipinski definition) is 4. The third-order valence-electron chi connectivity index (χ3n) is 4.90. The maximum absolute atomic E-state index is 12.6. The standard InChI is InChI=1S/C22H24N2O2S/c1-14-9-10-15(2)17(13-14)19(25)11-12-21(26)24(4)16(3)22-23-18-7-5-6-8-20(18)27-22/h5-10,13,16H,11-12H2,1-4H3/t16-/m0/s1. The molecule has 140 valence electrons. The quantitative estimate of drug-likeness (QED) is 0.559. The molecule has 0 saturated heterocycles. The van der Waals surface area contributed by atoms with Crippen LogP contribution >= 0.6 is 11.3 Å². The Morgan fingerprint density at radius 1 is 1.11 bits per heavy atom. The van der Waals surface area contributed by atoms with Crippen molar-refractivity contribution in [2.45, 2.75) is 39.7 Å². The number of fused-ring (bicyclic) bond motifs is 1. The van der Waals surface area contributed by atoms with Gasteiger partial charge < -0.3 is 4.90 Å². The fourth-order valence-corrected chi connectivity index (χ4v) is 4.08. The zero-order valence-corrected chi connectivity index (χ0v) is 17.0. The van der Waals surface area contributed by atoms with E-state index >= 15 is 0 Å². The number of ketones is 1. The molecule has 1 aromatic heterocycles. The number of rotatable bonds is 6. The smallest absolute Gasteiger partial charge is 0.223 e. The predicted octanol–water partition coefficient (Wildman–Crippen LogP) is 5.10. The predicted molar refractivity (Wildman–Crippen MR) is 110 cm³/mol. The number of hydrogen-bond donors (Lipinski definition) is 0. The average molecular weight is 381 g/mol. The van der Waals surface area contributed by atoms with Gasteiger partial charge in [0.05, 0.1) is 16.3 Å². The maximum Gasteiger partial charge on any atom is 0.223 e. The summed E-state index contributed by atoms with van der Waals surface area (Å²) in [4.78, 5) is 31.5. The van der Waals surface area contributed by atoms with E-state index in [4.69, 9.17) is 0 Å². The van der Waals surface area contributed by atoms with Crippen LogP contribution in [0.15, 0.2) is 42.5 Å². The number of carbonyl (C=O) groups excluding carboxylic acids is 2. The summed E-state index contributed by atoms with van der Waals surface area (Å²) < 4.78 is 1.12. The number of thiazole rings is 1. The summed E-state index contributed by atoms with van der Waals surface area (Å²) in [6.07, 6.45) is 0.429. The fourth-order valence-electron chi connectivity index (χ4n) is 3.02. The largest absolute Gasteiger partial charge is 0.337 e. The molecule has 0 N–H and O–H groups in total. The number of aryl methyl sites for hydroxylation is 2. The van der Waals surface area contributed by atoms with Gasteiger partial charge in [-0.15, -0.1) is 11.3 Å². The first-order valence-corrected chi connectivity index (χ1v) is 9.90. The molecule has 1 heterocycles. The summed E-state index contributed by atoms with van der Waals surface area (Å²) in [6.45, 7) is 5.87. The molecule has 0 unspecified atom stereocenters. The number of carbonyl (C=O) groups is 2. The number of amides is 1. The van der Waals surface area contributed by atoms with Gasteiger partial charge in [-0.2, -0.15) is 0 Å². The Balaban J connectivity index is 1.64. The number of para-hydroxylation sites is 1. The highest BCUT2D eigenvalue weighted by Crippen LogP contribution is 2.29. The molecule has 0 radical (unpaired) electrons. The fraction of sp³-hybridized carbons (Fsp3) is 0.318. The zero-order chi connectivity index (χ0) is 19.6. The Bertz CT molecular complexity index is 960. The maximum atomic E-state index is 12.6. The summed E-state index contributed by atoms with van der Waals surface area (Å²) >= 11 is 1.60. The Hall–Kier alpha value is -2.53. The van der Waals surface area contributed by atoms with Gasteiger partial charge >= 0.3 is 0 Å². The van der Waals surface area contributed by atoms with Crippen molar-refractivity contribution in [2.75, 3.05) is 7.05 Å². The second kappa shape index (κ2) is 8.01. The van der Waals surface area contributed by atoms with Gasteiger partial charge in [-0.3, -0.25) is 9.59 Å². The summed E-state index contributed by atoms with van der Waals surface area (Å²) in [5.74, 6) is -0.0222. The molecule has 3 rings (SSSR count). The number of aromatic nitrogens is 1. The van der Waals surface area contributed by atoms with E-state index in [1.54, 1.807) is 23.3 Å². The molecule has 4 nitrogen and oxygen atoms in total. The highest BCUT2D eigenvalue weighted by Gasteiger charge is 2.21. The van der Waals surface area contributed by atoms with E-state index in [1.807, 2.05) is 63.2 Å². The van der Waals surface area contributed by atoms with E-state index in [9.17, 15) is 9.59 Å². The van der Waals surface area contributed by atoms with Gasteiger partial charge in [0.1, 0.15) is 5.01 Å². The van der Waals surface area contributed by atoms with Crippen molar-refractivity contribution in [2.24, 2.45) is 0 Å². The summed E-state index contributed by atoms with van der Waals surface area (Å²) in [7, 11) is 1.78. The average Bonchev–Trinajstić information content (AvgIpc) is 3.10. The lowest BCUT2D eigenvalue weighted by molar-refractivity contribution is -0.131. The van der Waals surface area contributed by atoms with Crippen LogP contribution in [0.25, 0.3) is 10.2 Å². The molecule has 0 aliphatic rings. The Morgan fingerprint density at radius 2 is 1.85 bits per heavy atom. The molecule has 5 heteroatoms. The molecule has 0 saturated carbocycles. The third-order valence-corrected chi connectivity index (χ3v) is 6.11. The van der Waals surface area contributed by atoms with Crippen LogP contribution in [0.4, 0.5) is 0 Å². The van der Waals surface area contributed by atoms with E-state index in [0.29, 0.717) is 5.56 Å². The summed E-state index contributed by atoms with van der Waals surface area (Å²) in [5.41, 5.74) is 3.67. The molecule has 0 bridgehead atoms. The van der Waals surface area contributed by atoms with E-state index in [-0.39, 0.29) is 30.6 Å². The van der Waals surface area contributed by atoms with E-state index in [2.05, 4.69) is 4.98 Å². The topological polar surface area (TPSA) is 50.3 Å². The Kier molecular flexibility index (Phi) is 5.71. The van der Waals surface area contributed by atoms with Crippen LogP contribution in [0.1, 0.15) is 52.3 Å². The molecular formula is C22H24N2O2S. The lowest BCUT2D eigenvalue weighted by Crippen LogP contribution is -2.29. The molecular weight excluding hydrogens is 356 g/mol. The van der Waals surface area contributed by atoms with Crippen LogP contribution in [-0.4, -0.2) is 28.6 Å². The highest BCUT2D eigenvalue weighted by atomic mass is 32.1. The van der Waals surface area contributed by atoms with Crippen LogP contribution in [0.3, 0.4) is 0 Å². The highest BCUT2D eigenvalue weighted by molar-refractivity contribution is 7.18. The Morgan fingerprint density at radius 3 is 2.59 bits per heavy atom. The molecule has 0 fully saturated rings. The molecule has 3 aromatic rings. The van der Waals surface area contributed by atoms with Crippen LogP contribution in [0, 0.1) is 13.8 Å². The van der Waals surface area contributed by atoms with Crippen molar-refractivity contribution < 1.29 is 9.59 Å². The van der Waals surface area contributed by atoms with E-state index in [0.717, 1.165) is 26.4 Å². The van der Waals surface area contributed by atoms with Gasteiger partial charge in [0.25, 0.3) is 0 Å². The number of Topliss-reactive ketones (excluding diaryl/α,β-unsaturated/α-hetero) is 1. The van der Waals surface area contributed by atoms with Crippen LogP contribution in [0.5, 0.6) is 0 Å². The molecule has 1 amide bonds. The zero-order valence-electron chi connectivity index (χ0n) is 16.2. The van der Waals surface area contributed by atoms with Crippen molar-refractivity contribution in [3.8, 4) is 0 Å².